The quantitative estimate of drug-likeness (QED) is 0.524. The van der Waals surface area contributed by atoms with E-state index >= 15 is 0 Å². The normalized spacial score (nSPS) is 17.0. The molecule has 9 heteroatoms. The zero-order valence-electron chi connectivity index (χ0n) is 15.9. The van der Waals surface area contributed by atoms with Crippen molar-refractivity contribution in [3.05, 3.63) is 61.0 Å². The van der Waals surface area contributed by atoms with Gasteiger partial charge in [0.1, 0.15) is 16.3 Å². The molecular formula is C20H21N5O3S. The van der Waals surface area contributed by atoms with Crippen LogP contribution in [0.4, 0.5) is 11.4 Å². The number of nitro groups is 1. The van der Waals surface area contributed by atoms with Gasteiger partial charge in [-0.05, 0) is 30.9 Å². The maximum Gasteiger partial charge on any atom is 0.292 e. The number of aromatic nitrogens is 2. The van der Waals surface area contributed by atoms with Gasteiger partial charge in [0.15, 0.2) is 0 Å². The van der Waals surface area contributed by atoms with Crippen molar-refractivity contribution in [1.82, 2.24) is 14.9 Å². The van der Waals surface area contributed by atoms with Gasteiger partial charge >= 0.3 is 0 Å². The van der Waals surface area contributed by atoms with Gasteiger partial charge in [-0.2, -0.15) is 0 Å². The molecule has 3 aromatic rings. The lowest BCUT2D eigenvalue weighted by Crippen LogP contribution is -2.46. The molecule has 1 aliphatic heterocycles. The SMILES string of the molecule is O=c1[nH]c(CN2CCN(c3ccccc3[N+](=O)[O-])CC2)nc2sc3c(c12)CCC3. The lowest BCUT2D eigenvalue weighted by atomic mass is 10.2. The fourth-order valence-corrected chi connectivity index (χ4v) is 5.65. The molecule has 3 heterocycles. The summed E-state index contributed by atoms with van der Waals surface area (Å²) in [5.74, 6) is 0.696. The third-order valence-electron chi connectivity index (χ3n) is 5.79. The lowest BCUT2D eigenvalue weighted by Gasteiger charge is -2.35. The third kappa shape index (κ3) is 3.30. The van der Waals surface area contributed by atoms with Crippen LogP contribution in [0.15, 0.2) is 29.1 Å². The molecule has 0 spiro atoms. The molecule has 0 amide bonds. The topological polar surface area (TPSA) is 95.4 Å². The summed E-state index contributed by atoms with van der Waals surface area (Å²) in [6.07, 6.45) is 3.16. The number of rotatable bonds is 4. The van der Waals surface area contributed by atoms with Gasteiger partial charge in [-0.3, -0.25) is 19.8 Å². The summed E-state index contributed by atoms with van der Waals surface area (Å²) in [6, 6.07) is 6.87. The minimum absolute atomic E-state index is 0.0250. The molecule has 1 N–H and O–H groups in total. The van der Waals surface area contributed by atoms with Gasteiger partial charge in [0.25, 0.3) is 11.2 Å². The molecule has 2 aromatic heterocycles. The largest absolute Gasteiger partial charge is 0.363 e. The minimum atomic E-state index is -0.329. The first-order chi connectivity index (χ1) is 14.1. The lowest BCUT2D eigenvalue weighted by molar-refractivity contribution is -0.384. The maximum absolute atomic E-state index is 12.6. The summed E-state index contributed by atoms with van der Waals surface area (Å²) in [7, 11) is 0. The number of para-hydroxylation sites is 2. The van der Waals surface area contributed by atoms with Crippen LogP contribution in [-0.2, 0) is 19.4 Å². The molecule has 0 unspecified atom stereocenters. The number of hydrogen-bond donors (Lipinski definition) is 1. The van der Waals surface area contributed by atoms with E-state index in [0.29, 0.717) is 31.1 Å². The van der Waals surface area contributed by atoms with Gasteiger partial charge in [-0.25, -0.2) is 4.98 Å². The molecule has 8 nitrogen and oxygen atoms in total. The maximum atomic E-state index is 12.6. The van der Waals surface area contributed by atoms with E-state index in [4.69, 9.17) is 4.98 Å². The molecule has 0 saturated carbocycles. The summed E-state index contributed by atoms with van der Waals surface area (Å²) in [6.45, 7) is 3.50. The highest BCUT2D eigenvalue weighted by molar-refractivity contribution is 7.18. The number of hydrogen-bond acceptors (Lipinski definition) is 7. The number of benzene rings is 1. The molecule has 0 bridgehead atoms. The van der Waals surface area contributed by atoms with Crippen molar-refractivity contribution in [2.24, 2.45) is 0 Å². The fourth-order valence-electron chi connectivity index (χ4n) is 4.37. The van der Waals surface area contributed by atoms with Crippen LogP contribution in [0.5, 0.6) is 0 Å². The van der Waals surface area contributed by atoms with Crippen LogP contribution in [0.25, 0.3) is 10.2 Å². The average Bonchev–Trinajstić information content (AvgIpc) is 3.29. The van der Waals surface area contributed by atoms with Crippen LogP contribution in [-0.4, -0.2) is 46.0 Å². The minimum Gasteiger partial charge on any atom is -0.363 e. The number of fused-ring (bicyclic) bond motifs is 3. The van der Waals surface area contributed by atoms with E-state index in [1.165, 1.54) is 10.4 Å². The molecule has 0 atom stereocenters. The standard InChI is InChI=1S/C20H21N5O3S/c26-19-18-13-4-3-7-16(13)29-20(18)22-17(21-19)12-23-8-10-24(11-9-23)14-5-1-2-6-15(14)25(27)28/h1-2,5-6H,3-4,7-12H2,(H,21,22,26). The molecule has 1 aliphatic carbocycles. The first kappa shape index (κ1) is 18.3. The molecule has 1 aromatic carbocycles. The van der Waals surface area contributed by atoms with Crippen LogP contribution >= 0.6 is 11.3 Å². The number of anilines is 1. The van der Waals surface area contributed by atoms with E-state index in [9.17, 15) is 14.9 Å². The van der Waals surface area contributed by atoms with E-state index in [1.54, 1.807) is 29.5 Å². The number of aryl methyl sites for hydroxylation is 2. The number of nitrogens with one attached hydrogen (secondary N) is 1. The first-order valence-corrected chi connectivity index (χ1v) is 10.7. The predicted octanol–water partition coefficient (Wildman–Crippen LogP) is 2.70. The molecule has 0 radical (unpaired) electrons. The molecule has 29 heavy (non-hydrogen) atoms. The Morgan fingerprint density at radius 3 is 2.76 bits per heavy atom. The summed E-state index contributed by atoms with van der Waals surface area (Å²) in [4.78, 5) is 37.7. The second-order valence-corrected chi connectivity index (χ2v) is 8.64. The number of thiophene rings is 1. The van der Waals surface area contributed by atoms with Gasteiger partial charge < -0.3 is 9.88 Å². The van der Waals surface area contributed by atoms with E-state index < -0.39 is 0 Å². The predicted molar refractivity (Wildman–Crippen MR) is 113 cm³/mol. The van der Waals surface area contributed by atoms with Crippen molar-refractivity contribution >= 4 is 32.9 Å². The Balaban J connectivity index is 1.30. The second kappa shape index (κ2) is 7.23. The number of nitrogens with zero attached hydrogens (tertiary/aromatic N) is 4. The summed E-state index contributed by atoms with van der Waals surface area (Å²) >= 11 is 1.66. The van der Waals surface area contributed by atoms with Gasteiger partial charge in [0, 0.05) is 37.1 Å². The number of aromatic amines is 1. The molecule has 150 valence electrons. The van der Waals surface area contributed by atoms with Gasteiger partial charge in [-0.1, -0.05) is 12.1 Å². The van der Waals surface area contributed by atoms with Crippen LogP contribution in [0, 0.1) is 10.1 Å². The monoisotopic (exact) mass is 411 g/mol. The van der Waals surface area contributed by atoms with Crippen LogP contribution in [0.1, 0.15) is 22.7 Å². The Bertz CT molecular complexity index is 1150. The van der Waals surface area contributed by atoms with Crippen molar-refractivity contribution in [1.29, 1.82) is 0 Å². The van der Waals surface area contributed by atoms with Crippen molar-refractivity contribution in [2.45, 2.75) is 25.8 Å². The highest BCUT2D eigenvalue weighted by Gasteiger charge is 2.25. The van der Waals surface area contributed by atoms with Crippen molar-refractivity contribution in [2.75, 3.05) is 31.1 Å². The Hall–Kier alpha value is -2.78. The van der Waals surface area contributed by atoms with Crippen molar-refractivity contribution in [3.63, 3.8) is 0 Å². The highest BCUT2D eigenvalue weighted by atomic mass is 32.1. The number of piperazine rings is 1. The summed E-state index contributed by atoms with van der Waals surface area (Å²) in [5, 5.41) is 12.1. The van der Waals surface area contributed by atoms with Crippen LogP contribution in [0.3, 0.4) is 0 Å². The molecule has 1 fully saturated rings. The summed E-state index contributed by atoms with van der Waals surface area (Å²) < 4.78 is 0. The van der Waals surface area contributed by atoms with Gasteiger partial charge in [0.05, 0.1) is 16.9 Å². The second-order valence-electron chi connectivity index (χ2n) is 7.56. The van der Waals surface area contributed by atoms with E-state index in [2.05, 4.69) is 14.8 Å². The number of nitro benzene ring substituents is 1. The molecular weight excluding hydrogens is 390 g/mol. The Morgan fingerprint density at radius 1 is 1.17 bits per heavy atom. The zero-order valence-corrected chi connectivity index (χ0v) is 16.7. The number of H-pyrrole nitrogens is 1. The third-order valence-corrected chi connectivity index (χ3v) is 6.97. The average molecular weight is 411 g/mol. The first-order valence-electron chi connectivity index (χ1n) is 9.84. The van der Waals surface area contributed by atoms with Crippen molar-refractivity contribution < 1.29 is 4.92 Å². The molecule has 2 aliphatic rings. The Kier molecular flexibility index (Phi) is 4.56. The smallest absolute Gasteiger partial charge is 0.292 e. The zero-order chi connectivity index (χ0) is 20.0. The van der Waals surface area contributed by atoms with E-state index in [0.717, 1.165) is 42.6 Å². The van der Waals surface area contributed by atoms with Gasteiger partial charge in [0.2, 0.25) is 0 Å². The van der Waals surface area contributed by atoms with Crippen LogP contribution < -0.4 is 10.5 Å². The molecule has 5 rings (SSSR count). The van der Waals surface area contributed by atoms with Crippen molar-refractivity contribution in [3.8, 4) is 0 Å². The van der Waals surface area contributed by atoms with Gasteiger partial charge in [-0.15, -0.1) is 11.3 Å². The van der Waals surface area contributed by atoms with Crippen LogP contribution in [0.2, 0.25) is 0 Å². The van der Waals surface area contributed by atoms with E-state index in [-0.39, 0.29) is 16.2 Å². The Labute approximate surface area is 170 Å². The summed E-state index contributed by atoms with van der Waals surface area (Å²) in [5.41, 5.74) is 1.98. The Morgan fingerprint density at radius 2 is 1.97 bits per heavy atom. The molecule has 1 saturated heterocycles. The van der Waals surface area contributed by atoms with E-state index in [1.807, 2.05) is 6.07 Å². The fraction of sp³-hybridized carbons (Fsp3) is 0.400. The highest BCUT2D eigenvalue weighted by Crippen LogP contribution is 2.34.